The molecule has 0 saturated heterocycles. The number of terminal acetylenes is 2. The fourth-order valence-electron chi connectivity index (χ4n) is 1.86. The molecule has 1 aromatic heterocycles. The summed E-state index contributed by atoms with van der Waals surface area (Å²) < 4.78 is 24.9. The largest absolute Gasteiger partial charge is 0.256 e. The SMILES string of the molecule is C#Cc1c(F)cccc1F.C#Cc1cccc2ncccc12. The van der Waals surface area contributed by atoms with Gasteiger partial charge in [0.2, 0.25) is 0 Å². The molecule has 0 spiro atoms. The van der Waals surface area contributed by atoms with Gasteiger partial charge in [-0.15, -0.1) is 12.8 Å². The van der Waals surface area contributed by atoms with Crippen LogP contribution in [-0.2, 0) is 0 Å². The Morgan fingerprint density at radius 3 is 2.09 bits per heavy atom. The Balaban J connectivity index is 0.000000164. The Morgan fingerprint density at radius 1 is 0.818 bits per heavy atom. The van der Waals surface area contributed by atoms with Gasteiger partial charge in [0.25, 0.3) is 0 Å². The van der Waals surface area contributed by atoms with E-state index in [1.807, 2.05) is 36.3 Å². The van der Waals surface area contributed by atoms with Gasteiger partial charge in [0.15, 0.2) is 0 Å². The molecule has 0 radical (unpaired) electrons. The molecule has 1 nitrogen and oxygen atoms in total. The predicted molar refractivity (Wildman–Crippen MR) is 84.0 cm³/mol. The average molecular weight is 291 g/mol. The third-order valence-corrected chi connectivity index (χ3v) is 2.91. The van der Waals surface area contributed by atoms with Crippen molar-refractivity contribution in [3.63, 3.8) is 0 Å². The van der Waals surface area contributed by atoms with Crippen LogP contribution in [0.4, 0.5) is 8.78 Å². The summed E-state index contributed by atoms with van der Waals surface area (Å²) in [5.74, 6) is 3.16. The summed E-state index contributed by atoms with van der Waals surface area (Å²) in [5.41, 5.74) is 1.55. The lowest BCUT2D eigenvalue weighted by molar-refractivity contribution is 0.577. The van der Waals surface area contributed by atoms with Crippen LogP contribution in [-0.4, -0.2) is 4.98 Å². The zero-order valence-electron chi connectivity index (χ0n) is 11.6. The van der Waals surface area contributed by atoms with Crippen molar-refractivity contribution in [2.45, 2.75) is 0 Å². The van der Waals surface area contributed by atoms with E-state index in [1.54, 1.807) is 6.20 Å². The minimum absolute atomic E-state index is 0.303. The maximum atomic E-state index is 12.5. The number of hydrogen-bond donors (Lipinski definition) is 0. The fourth-order valence-corrected chi connectivity index (χ4v) is 1.86. The first-order chi connectivity index (χ1) is 10.7. The Bertz CT molecular complexity index is 860. The number of fused-ring (bicyclic) bond motifs is 1. The number of halogens is 2. The Labute approximate surface area is 127 Å². The molecule has 0 unspecified atom stereocenters. The maximum absolute atomic E-state index is 12.5. The highest BCUT2D eigenvalue weighted by atomic mass is 19.1. The molecule has 2 aromatic carbocycles. The molecule has 0 aliphatic rings. The number of nitrogens with zero attached hydrogens (tertiary/aromatic N) is 1. The molecule has 3 aromatic rings. The molecular weight excluding hydrogens is 280 g/mol. The third kappa shape index (κ3) is 3.29. The molecule has 0 atom stereocenters. The summed E-state index contributed by atoms with van der Waals surface area (Å²) >= 11 is 0. The highest BCUT2D eigenvalue weighted by Crippen LogP contribution is 2.14. The molecule has 0 aliphatic heterocycles. The zero-order valence-corrected chi connectivity index (χ0v) is 11.6. The first-order valence-corrected chi connectivity index (χ1v) is 6.38. The Hall–Kier alpha value is -3.17. The monoisotopic (exact) mass is 291 g/mol. The maximum Gasteiger partial charge on any atom is 0.141 e. The van der Waals surface area contributed by atoms with Crippen molar-refractivity contribution < 1.29 is 8.78 Å². The summed E-state index contributed by atoms with van der Waals surface area (Å²) in [6.45, 7) is 0. The molecule has 1 heterocycles. The predicted octanol–water partition coefficient (Wildman–Crippen LogP) is 4.16. The summed E-state index contributed by atoms with van der Waals surface area (Å²) in [4.78, 5) is 4.19. The van der Waals surface area contributed by atoms with Gasteiger partial charge >= 0.3 is 0 Å². The molecule has 3 rings (SSSR count). The van der Waals surface area contributed by atoms with Crippen LogP contribution in [0.3, 0.4) is 0 Å². The number of rotatable bonds is 0. The molecule has 106 valence electrons. The van der Waals surface area contributed by atoms with Gasteiger partial charge in [-0.25, -0.2) is 8.78 Å². The summed E-state index contributed by atoms with van der Waals surface area (Å²) in [6, 6.07) is 13.2. The number of aromatic nitrogens is 1. The van der Waals surface area contributed by atoms with E-state index in [4.69, 9.17) is 12.8 Å². The van der Waals surface area contributed by atoms with Gasteiger partial charge in [-0.1, -0.05) is 30.0 Å². The van der Waals surface area contributed by atoms with Gasteiger partial charge in [0, 0.05) is 17.1 Å². The van der Waals surface area contributed by atoms with E-state index in [0.29, 0.717) is 0 Å². The first-order valence-electron chi connectivity index (χ1n) is 6.38. The van der Waals surface area contributed by atoms with Crippen molar-refractivity contribution in [3.05, 3.63) is 77.5 Å². The van der Waals surface area contributed by atoms with Gasteiger partial charge in [-0.2, -0.15) is 0 Å². The second-order valence-corrected chi connectivity index (χ2v) is 4.26. The lowest BCUT2D eigenvalue weighted by Gasteiger charge is -1.97. The molecule has 0 saturated carbocycles. The Morgan fingerprint density at radius 2 is 1.50 bits per heavy atom. The van der Waals surface area contributed by atoms with Crippen molar-refractivity contribution in [2.24, 2.45) is 0 Å². The van der Waals surface area contributed by atoms with Crippen LogP contribution in [0.1, 0.15) is 11.1 Å². The van der Waals surface area contributed by atoms with E-state index >= 15 is 0 Å². The molecular formula is C19H11F2N. The van der Waals surface area contributed by atoms with Crippen LogP contribution in [0.2, 0.25) is 0 Å². The molecule has 0 amide bonds. The second kappa shape index (κ2) is 7.02. The zero-order chi connectivity index (χ0) is 15.9. The molecule has 3 heteroatoms. The number of benzene rings is 2. The van der Waals surface area contributed by atoms with E-state index in [0.717, 1.165) is 28.6 Å². The molecule has 0 bridgehead atoms. The highest BCUT2D eigenvalue weighted by molar-refractivity contribution is 5.84. The van der Waals surface area contributed by atoms with Crippen LogP contribution in [0.5, 0.6) is 0 Å². The fraction of sp³-hybridized carbons (Fsp3) is 0. The van der Waals surface area contributed by atoms with Gasteiger partial charge in [-0.05, 0) is 30.3 Å². The van der Waals surface area contributed by atoms with Crippen LogP contribution in [0, 0.1) is 36.3 Å². The van der Waals surface area contributed by atoms with Crippen molar-refractivity contribution in [1.29, 1.82) is 0 Å². The van der Waals surface area contributed by atoms with E-state index in [2.05, 4.69) is 10.9 Å². The van der Waals surface area contributed by atoms with Crippen LogP contribution in [0.15, 0.2) is 54.7 Å². The highest BCUT2D eigenvalue weighted by Gasteiger charge is 2.02. The van der Waals surface area contributed by atoms with Gasteiger partial charge in [0.1, 0.15) is 11.6 Å². The molecule has 0 N–H and O–H groups in total. The number of hydrogen-bond acceptors (Lipinski definition) is 1. The average Bonchev–Trinajstić information content (AvgIpc) is 2.55. The molecule has 0 aliphatic carbocycles. The lowest BCUT2D eigenvalue weighted by Crippen LogP contribution is -1.87. The first kappa shape index (κ1) is 15.2. The minimum atomic E-state index is -0.692. The van der Waals surface area contributed by atoms with Crippen molar-refractivity contribution in [3.8, 4) is 24.7 Å². The van der Waals surface area contributed by atoms with Crippen LogP contribution >= 0.6 is 0 Å². The quantitative estimate of drug-likeness (QED) is 0.567. The normalized spacial score (nSPS) is 9.27. The second-order valence-electron chi connectivity index (χ2n) is 4.26. The van der Waals surface area contributed by atoms with Crippen LogP contribution < -0.4 is 0 Å². The summed E-state index contributed by atoms with van der Waals surface area (Å²) in [5, 5.41) is 1.04. The van der Waals surface area contributed by atoms with Gasteiger partial charge < -0.3 is 0 Å². The van der Waals surface area contributed by atoms with Crippen molar-refractivity contribution in [1.82, 2.24) is 4.98 Å². The molecule has 0 fully saturated rings. The third-order valence-electron chi connectivity index (χ3n) is 2.91. The van der Waals surface area contributed by atoms with Crippen molar-refractivity contribution >= 4 is 10.9 Å². The topological polar surface area (TPSA) is 12.9 Å². The van der Waals surface area contributed by atoms with E-state index in [1.165, 1.54) is 6.07 Å². The van der Waals surface area contributed by atoms with E-state index in [-0.39, 0.29) is 5.56 Å². The summed E-state index contributed by atoms with van der Waals surface area (Å²) in [7, 11) is 0. The molecule has 22 heavy (non-hydrogen) atoms. The van der Waals surface area contributed by atoms with E-state index in [9.17, 15) is 8.78 Å². The lowest BCUT2D eigenvalue weighted by atomic mass is 10.1. The standard InChI is InChI=1S/C11H7N.C8H4F2/c1-2-9-5-3-7-11-10(9)6-4-8-12-11;1-2-6-7(9)4-3-5-8(6)10/h1,3-8H;1,3-5H. The minimum Gasteiger partial charge on any atom is -0.256 e. The smallest absolute Gasteiger partial charge is 0.141 e. The summed E-state index contributed by atoms with van der Waals surface area (Å²) in [6.07, 6.45) is 11.9. The van der Waals surface area contributed by atoms with Crippen molar-refractivity contribution in [2.75, 3.05) is 0 Å². The Kier molecular flexibility index (Phi) is 4.85. The van der Waals surface area contributed by atoms with E-state index < -0.39 is 11.6 Å². The number of pyridine rings is 1. The van der Waals surface area contributed by atoms with Crippen LogP contribution in [0.25, 0.3) is 10.9 Å². The van der Waals surface area contributed by atoms with Gasteiger partial charge in [0.05, 0.1) is 11.1 Å². The van der Waals surface area contributed by atoms with Gasteiger partial charge in [-0.3, -0.25) is 4.98 Å².